The highest BCUT2D eigenvalue weighted by Gasteiger charge is 2.10. The lowest BCUT2D eigenvalue weighted by atomic mass is 10.2. The fraction of sp³-hybridized carbons (Fsp3) is 0.500. The lowest BCUT2D eigenvalue weighted by molar-refractivity contribution is 0.0846. The quantitative estimate of drug-likeness (QED) is 0.219. The molecule has 2 aromatic rings. The van der Waals surface area contributed by atoms with Crippen LogP contribution in [0.2, 0.25) is 0 Å². The summed E-state index contributed by atoms with van der Waals surface area (Å²) < 4.78 is 11.4. The van der Waals surface area contributed by atoms with Crippen LogP contribution in [0.15, 0.2) is 48.5 Å². The SMILES string of the molecule is CCCCCCCOc1ccc(C(=O)NNC(=O)c2ccc(OCCCCCCC)cc2)cc1. The summed E-state index contributed by atoms with van der Waals surface area (Å²) in [5.41, 5.74) is 5.79. The van der Waals surface area contributed by atoms with E-state index < -0.39 is 0 Å². The molecule has 0 heterocycles. The molecule has 2 aromatic carbocycles. The number of hydrogen-bond acceptors (Lipinski definition) is 4. The van der Waals surface area contributed by atoms with E-state index in [1.54, 1.807) is 48.5 Å². The van der Waals surface area contributed by atoms with E-state index in [4.69, 9.17) is 9.47 Å². The highest BCUT2D eigenvalue weighted by molar-refractivity contribution is 5.99. The Hall–Kier alpha value is -3.02. The number of nitrogens with one attached hydrogen (secondary N) is 2. The zero-order chi connectivity index (χ0) is 24.4. The topological polar surface area (TPSA) is 76.7 Å². The molecule has 0 atom stereocenters. The lowest BCUT2D eigenvalue weighted by Gasteiger charge is -2.10. The molecule has 0 fully saturated rings. The summed E-state index contributed by atoms with van der Waals surface area (Å²) in [6, 6.07) is 13.8. The molecule has 0 aliphatic rings. The second-order valence-electron chi connectivity index (χ2n) is 8.48. The Balaban J connectivity index is 1.68. The van der Waals surface area contributed by atoms with E-state index >= 15 is 0 Å². The van der Waals surface area contributed by atoms with Gasteiger partial charge in [0.05, 0.1) is 13.2 Å². The van der Waals surface area contributed by atoms with Gasteiger partial charge in [0.1, 0.15) is 11.5 Å². The smallest absolute Gasteiger partial charge is 0.269 e. The minimum absolute atomic E-state index is 0.387. The first-order valence-electron chi connectivity index (χ1n) is 12.7. The van der Waals surface area contributed by atoms with Crippen LogP contribution < -0.4 is 20.3 Å². The molecule has 0 bridgehead atoms. The summed E-state index contributed by atoms with van der Waals surface area (Å²) in [6.07, 6.45) is 11.9. The number of carbonyl (C=O) groups is 2. The van der Waals surface area contributed by atoms with Gasteiger partial charge in [0, 0.05) is 11.1 Å². The van der Waals surface area contributed by atoms with Crippen molar-refractivity contribution in [3.63, 3.8) is 0 Å². The molecule has 0 aliphatic heterocycles. The van der Waals surface area contributed by atoms with Crippen molar-refractivity contribution in [2.45, 2.75) is 78.1 Å². The van der Waals surface area contributed by atoms with Crippen molar-refractivity contribution in [2.75, 3.05) is 13.2 Å². The van der Waals surface area contributed by atoms with Gasteiger partial charge >= 0.3 is 0 Å². The first-order chi connectivity index (χ1) is 16.6. The lowest BCUT2D eigenvalue weighted by Crippen LogP contribution is -2.41. The summed E-state index contributed by atoms with van der Waals surface area (Å²) in [7, 11) is 0. The third kappa shape index (κ3) is 10.7. The van der Waals surface area contributed by atoms with Gasteiger partial charge in [-0.1, -0.05) is 65.2 Å². The number of benzene rings is 2. The van der Waals surface area contributed by atoms with Gasteiger partial charge in [-0.2, -0.15) is 0 Å². The van der Waals surface area contributed by atoms with E-state index in [2.05, 4.69) is 24.7 Å². The van der Waals surface area contributed by atoms with Crippen molar-refractivity contribution in [2.24, 2.45) is 0 Å². The van der Waals surface area contributed by atoms with Gasteiger partial charge in [0.15, 0.2) is 0 Å². The van der Waals surface area contributed by atoms with Crippen LogP contribution in [0.1, 0.15) is 98.8 Å². The molecule has 6 nitrogen and oxygen atoms in total. The Labute approximate surface area is 204 Å². The van der Waals surface area contributed by atoms with Gasteiger partial charge < -0.3 is 9.47 Å². The molecule has 34 heavy (non-hydrogen) atoms. The van der Waals surface area contributed by atoms with Crippen molar-refractivity contribution in [1.29, 1.82) is 0 Å². The number of hydrogen-bond donors (Lipinski definition) is 2. The second kappa shape index (κ2) is 16.6. The average Bonchev–Trinajstić information content (AvgIpc) is 2.87. The zero-order valence-electron chi connectivity index (χ0n) is 20.7. The largest absolute Gasteiger partial charge is 0.494 e. The van der Waals surface area contributed by atoms with Crippen LogP contribution in [0.3, 0.4) is 0 Å². The minimum Gasteiger partial charge on any atom is -0.494 e. The van der Waals surface area contributed by atoms with Crippen LogP contribution in [0.5, 0.6) is 11.5 Å². The van der Waals surface area contributed by atoms with Gasteiger partial charge in [-0.25, -0.2) is 0 Å². The van der Waals surface area contributed by atoms with Crippen LogP contribution in [0.25, 0.3) is 0 Å². The number of unbranched alkanes of at least 4 members (excludes halogenated alkanes) is 8. The predicted octanol–water partition coefficient (Wildman–Crippen LogP) is 6.46. The molecule has 186 valence electrons. The first kappa shape index (κ1) is 27.2. The number of amides is 2. The van der Waals surface area contributed by atoms with E-state index in [1.807, 2.05) is 0 Å². The zero-order valence-corrected chi connectivity index (χ0v) is 20.7. The van der Waals surface area contributed by atoms with Gasteiger partial charge in [-0.15, -0.1) is 0 Å². The molecule has 0 aliphatic carbocycles. The molecule has 0 saturated carbocycles. The van der Waals surface area contributed by atoms with E-state index in [1.165, 1.54) is 51.4 Å². The molecule has 2 amide bonds. The van der Waals surface area contributed by atoms with Gasteiger partial charge in [-0.3, -0.25) is 20.4 Å². The van der Waals surface area contributed by atoms with Gasteiger partial charge in [-0.05, 0) is 61.4 Å². The summed E-state index contributed by atoms with van der Waals surface area (Å²) in [5.74, 6) is 0.698. The standard InChI is InChI=1S/C28H40N2O4/c1-3-5-7-9-11-21-33-25-17-13-23(14-18-25)27(31)29-30-28(32)24-15-19-26(20-16-24)34-22-12-10-8-6-4-2/h13-20H,3-12,21-22H2,1-2H3,(H,29,31)(H,30,32). The Morgan fingerprint density at radius 2 is 0.912 bits per heavy atom. The van der Waals surface area contributed by atoms with Gasteiger partial charge in [0.25, 0.3) is 11.8 Å². The molecule has 0 spiro atoms. The van der Waals surface area contributed by atoms with E-state index in [-0.39, 0.29) is 11.8 Å². The summed E-state index contributed by atoms with van der Waals surface area (Å²) in [6.45, 7) is 5.75. The third-order valence-corrected chi connectivity index (χ3v) is 5.56. The van der Waals surface area contributed by atoms with Crippen LogP contribution in [0.4, 0.5) is 0 Å². The molecule has 2 N–H and O–H groups in total. The van der Waals surface area contributed by atoms with Gasteiger partial charge in [0.2, 0.25) is 0 Å². The molecule has 0 saturated heterocycles. The second-order valence-corrected chi connectivity index (χ2v) is 8.48. The normalized spacial score (nSPS) is 10.5. The first-order valence-corrected chi connectivity index (χ1v) is 12.7. The monoisotopic (exact) mass is 468 g/mol. The summed E-state index contributed by atoms with van der Waals surface area (Å²) in [5, 5.41) is 0. The highest BCUT2D eigenvalue weighted by atomic mass is 16.5. The number of carbonyl (C=O) groups excluding carboxylic acids is 2. The number of hydrazine groups is 1. The Morgan fingerprint density at radius 3 is 1.26 bits per heavy atom. The molecule has 0 radical (unpaired) electrons. The molecular weight excluding hydrogens is 428 g/mol. The van der Waals surface area contributed by atoms with E-state index in [0.29, 0.717) is 24.3 Å². The van der Waals surface area contributed by atoms with Crippen molar-refractivity contribution in [3.05, 3.63) is 59.7 Å². The van der Waals surface area contributed by atoms with Crippen molar-refractivity contribution < 1.29 is 19.1 Å². The maximum absolute atomic E-state index is 12.3. The highest BCUT2D eigenvalue weighted by Crippen LogP contribution is 2.15. The van der Waals surface area contributed by atoms with E-state index in [0.717, 1.165) is 24.3 Å². The minimum atomic E-state index is -0.387. The van der Waals surface area contributed by atoms with E-state index in [9.17, 15) is 9.59 Å². The van der Waals surface area contributed by atoms with Crippen LogP contribution >= 0.6 is 0 Å². The average molecular weight is 469 g/mol. The maximum atomic E-state index is 12.3. The van der Waals surface area contributed by atoms with Crippen molar-refractivity contribution in [3.8, 4) is 11.5 Å². The number of ether oxygens (including phenoxy) is 2. The molecular formula is C28H40N2O4. The molecule has 0 unspecified atom stereocenters. The Morgan fingerprint density at radius 1 is 0.559 bits per heavy atom. The van der Waals surface area contributed by atoms with Crippen molar-refractivity contribution >= 4 is 11.8 Å². The number of rotatable bonds is 16. The summed E-state index contributed by atoms with van der Waals surface area (Å²) in [4.78, 5) is 24.7. The Kier molecular flexibility index (Phi) is 13.3. The van der Waals surface area contributed by atoms with Crippen molar-refractivity contribution in [1.82, 2.24) is 10.9 Å². The van der Waals surface area contributed by atoms with Crippen LogP contribution in [-0.2, 0) is 0 Å². The van der Waals surface area contributed by atoms with Crippen LogP contribution in [0, 0.1) is 0 Å². The third-order valence-electron chi connectivity index (χ3n) is 5.56. The predicted molar refractivity (Wildman–Crippen MR) is 136 cm³/mol. The maximum Gasteiger partial charge on any atom is 0.269 e. The Bertz CT molecular complexity index is 763. The molecule has 0 aromatic heterocycles. The molecule has 2 rings (SSSR count). The fourth-order valence-electron chi connectivity index (χ4n) is 3.45. The fourth-order valence-corrected chi connectivity index (χ4v) is 3.45. The van der Waals surface area contributed by atoms with Crippen LogP contribution in [-0.4, -0.2) is 25.0 Å². The summed E-state index contributed by atoms with van der Waals surface area (Å²) >= 11 is 0. The molecule has 6 heteroatoms.